The van der Waals surface area contributed by atoms with Gasteiger partial charge in [0.05, 0.1) is 13.1 Å². The van der Waals surface area contributed by atoms with Gasteiger partial charge in [-0.25, -0.2) is 0 Å². The average molecular weight is 377 g/mol. The van der Waals surface area contributed by atoms with Crippen molar-refractivity contribution in [2.24, 2.45) is 0 Å². The first kappa shape index (κ1) is 17.5. The van der Waals surface area contributed by atoms with Crippen molar-refractivity contribution in [3.8, 4) is 5.75 Å². The van der Waals surface area contributed by atoms with Crippen LogP contribution in [0.2, 0.25) is 0 Å². The fourth-order valence-electron chi connectivity index (χ4n) is 2.15. The lowest BCUT2D eigenvalue weighted by molar-refractivity contribution is -0.122. The maximum atomic E-state index is 11.9. The van der Waals surface area contributed by atoms with E-state index in [1.807, 2.05) is 66.5 Å². The van der Waals surface area contributed by atoms with E-state index in [1.165, 1.54) is 0 Å². The van der Waals surface area contributed by atoms with Crippen LogP contribution >= 0.6 is 15.9 Å². The molecule has 0 radical (unpaired) electrons. The van der Waals surface area contributed by atoms with Crippen molar-refractivity contribution < 1.29 is 9.53 Å². The molecule has 1 amide bonds. The summed E-state index contributed by atoms with van der Waals surface area (Å²) < 4.78 is 6.60. The third-order valence-corrected chi connectivity index (χ3v) is 4.02. The predicted molar refractivity (Wildman–Crippen MR) is 95.4 cm³/mol. The Kier molecular flexibility index (Phi) is 7.10. The van der Waals surface area contributed by atoms with E-state index >= 15 is 0 Å². The zero-order valence-electron chi connectivity index (χ0n) is 13.2. The van der Waals surface area contributed by atoms with E-state index in [1.54, 1.807) is 0 Å². The molecule has 0 aliphatic rings. The number of carbonyl (C=O) groups excluding carboxylic acids is 1. The number of para-hydroxylation sites is 1. The van der Waals surface area contributed by atoms with Gasteiger partial charge in [-0.3, -0.25) is 9.69 Å². The molecule has 0 heterocycles. The third-order valence-electron chi connectivity index (χ3n) is 3.25. The number of carbonyl (C=O) groups is 1. The number of rotatable bonds is 8. The molecular formula is C18H21BrN2O2. The van der Waals surface area contributed by atoms with E-state index in [0.29, 0.717) is 19.7 Å². The summed E-state index contributed by atoms with van der Waals surface area (Å²) >= 11 is 3.52. The standard InChI is InChI=1S/C18H21BrN2O2/c1-21(13-15-7-5-6-10-17(15)19)14-18(22)20-11-12-23-16-8-3-2-4-9-16/h2-10H,11-14H2,1H3,(H,20,22). The number of nitrogens with one attached hydrogen (secondary N) is 1. The molecule has 0 aliphatic carbocycles. The molecule has 0 spiro atoms. The van der Waals surface area contributed by atoms with Gasteiger partial charge in [0.2, 0.25) is 5.91 Å². The van der Waals surface area contributed by atoms with Gasteiger partial charge in [-0.05, 0) is 30.8 Å². The topological polar surface area (TPSA) is 41.6 Å². The van der Waals surface area contributed by atoms with Gasteiger partial charge in [-0.15, -0.1) is 0 Å². The Morgan fingerprint density at radius 3 is 2.57 bits per heavy atom. The summed E-state index contributed by atoms with van der Waals surface area (Å²) in [6.45, 7) is 2.03. The maximum absolute atomic E-state index is 11.9. The minimum atomic E-state index is -0.00350. The van der Waals surface area contributed by atoms with Gasteiger partial charge in [0, 0.05) is 11.0 Å². The largest absolute Gasteiger partial charge is 0.492 e. The predicted octanol–water partition coefficient (Wildman–Crippen LogP) is 3.08. The van der Waals surface area contributed by atoms with Gasteiger partial charge in [-0.2, -0.15) is 0 Å². The molecular weight excluding hydrogens is 356 g/mol. The van der Waals surface area contributed by atoms with E-state index < -0.39 is 0 Å². The van der Waals surface area contributed by atoms with E-state index in [0.717, 1.165) is 22.3 Å². The molecule has 23 heavy (non-hydrogen) atoms. The normalized spacial score (nSPS) is 10.6. The van der Waals surface area contributed by atoms with Gasteiger partial charge in [0.25, 0.3) is 0 Å². The summed E-state index contributed by atoms with van der Waals surface area (Å²) in [5, 5.41) is 2.87. The highest BCUT2D eigenvalue weighted by Gasteiger charge is 2.08. The van der Waals surface area contributed by atoms with Crippen molar-refractivity contribution in [3.05, 3.63) is 64.6 Å². The van der Waals surface area contributed by atoms with Gasteiger partial charge in [0.15, 0.2) is 0 Å². The van der Waals surface area contributed by atoms with Crippen molar-refractivity contribution in [1.82, 2.24) is 10.2 Å². The Balaban J connectivity index is 1.65. The van der Waals surface area contributed by atoms with Crippen LogP contribution in [0.25, 0.3) is 0 Å². The molecule has 0 aromatic heterocycles. The van der Waals surface area contributed by atoms with Crippen molar-refractivity contribution in [2.45, 2.75) is 6.54 Å². The van der Waals surface area contributed by atoms with Crippen LogP contribution in [-0.4, -0.2) is 37.6 Å². The lowest BCUT2D eigenvalue weighted by atomic mass is 10.2. The molecule has 4 nitrogen and oxygen atoms in total. The van der Waals surface area contributed by atoms with E-state index in [2.05, 4.69) is 21.2 Å². The van der Waals surface area contributed by atoms with E-state index in [9.17, 15) is 4.79 Å². The Morgan fingerprint density at radius 2 is 1.83 bits per heavy atom. The van der Waals surface area contributed by atoms with Gasteiger partial charge in [0.1, 0.15) is 12.4 Å². The summed E-state index contributed by atoms with van der Waals surface area (Å²) in [6.07, 6.45) is 0. The number of benzene rings is 2. The summed E-state index contributed by atoms with van der Waals surface area (Å²) in [4.78, 5) is 13.9. The Morgan fingerprint density at radius 1 is 1.13 bits per heavy atom. The molecule has 0 saturated carbocycles. The fourth-order valence-corrected chi connectivity index (χ4v) is 2.56. The molecule has 2 rings (SSSR count). The summed E-state index contributed by atoms with van der Waals surface area (Å²) in [7, 11) is 1.93. The fraction of sp³-hybridized carbons (Fsp3) is 0.278. The van der Waals surface area contributed by atoms with Crippen molar-refractivity contribution in [3.63, 3.8) is 0 Å². The number of amides is 1. The molecule has 0 fully saturated rings. The van der Waals surface area contributed by atoms with Crippen LogP contribution in [-0.2, 0) is 11.3 Å². The maximum Gasteiger partial charge on any atom is 0.234 e. The van der Waals surface area contributed by atoms with Crippen molar-refractivity contribution >= 4 is 21.8 Å². The average Bonchev–Trinajstić information content (AvgIpc) is 2.55. The van der Waals surface area contributed by atoms with Gasteiger partial charge in [-0.1, -0.05) is 52.3 Å². The first-order valence-corrected chi connectivity index (χ1v) is 8.31. The summed E-state index contributed by atoms with van der Waals surface area (Å²) in [6, 6.07) is 17.6. The first-order valence-electron chi connectivity index (χ1n) is 7.51. The minimum Gasteiger partial charge on any atom is -0.492 e. The zero-order valence-corrected chi connectivity index (χ0v) is 14.8. The molecule has 1 N–H and O–H groups in total. The molecule has 2 aromatic carbocycles. The number of halogens is 1. The van der Waals surface area contributed by atoms with Crippen LogP contribution in [0.3, 0.4) is 0 Å². The molecule has 0 atom stereocenters. The van der Waals surface area contributed by atoms with E-state index in [-0.39, 0.29) is 5.91 Å². The second kappa shape index (κ2) is 9.33. The second-order valence-corrected chi connectivity index (χ2v) is 6.13. The number of ether oxygens (including phenoxy) is 1. The molecule has 122 valence electrons. The number of hydrogen-bond acceptors (Lipinski definition) is 3. The highest BCUT2D eigenvalue weighted by Crippen LogP contribution is 2.17. The lowest BCUT2D eigenvalue weighted by Crippen LogP contribution is -2.36. The Bertz CT molecular complexity index is 619. The van der Waals surface area contributed by atoms with Gasteiger partial charge < -0.3 is 10.1 Å². The van der Waals surface area contributed by atoms with Crippen LogP contribution in [0.1, 0.15) is 5.56 Å². The van der Waals surface area contributed by atoms with Crippen LogP contribution in [0.15, 0.2) is 59.1 Å². The van der Waals surface area contributed by atoms with Crippen LogP contribution in [0.4, 0.5) is 0 Å². The molecule has 2 aromatic rings. The number of likely N-dealkylation sites (N-methyl/N-ethyl adjacent to an activating group) is 1. The van der Waals surface area contributed by atoms with Gasteiger partial charge >= 0.3 is 0 Å². The Labute approximate surface area is 145 Å². The van der Waals surface area contributed by atoms with E-state index in [4.69, 9.17) is 4.74 Å². The lowest BCUT2D eigenvalue weighted by Gasteiger charge is -2.17. The minimum absolute atomic E-state index is 0.00350. The Hall–Kier alpha value is -1.85. The quantitative estimate of drug-likeness (QED) is 0.719. The number of hydrogen-bond donors (Lipinski definition) is 1. The summed E-state index contributed by atoms with van der Waals surface area (Å²) in [5.41, 5.74) is 1.16. The smallest absolute Gasteiger partial charge is 0.234 e. The van der Waals surface area contributed by atoms with Crippen LogP contribution in [0, 0.1) is 0 Å². The van der Waals surface area contributed by atoms with Crippen LogP contribution < -0.4 is 10.1 Å². The molecule has 0 unspecified atom stereocenters. The first-order chi connectivity index (χ1) is 11.1. The molecule has 5 heteroatoms. The summed E-state index contributed by atoms with van der Waals surface area (Å²) in [5.74, 6) is 0.809. The SMILES string of the molecule is CN(CC(=O)NCCOc1ccccc1)Cc1ccccc1Br. The highest BCUT2D eigenvalue weighted by molar-refractivity contribution is 9.10. The number of nitrogens with zero attached hydrogens (tertiary/aromatic N) is 1. The zero-order chi connectivity index (χ0) is 16.5. The van der Waals surface area contributed by atoms with Crippen molar-refractivity contribution in [1.29, 1.82) is 0 Å². The second-order valence-electron chi connectivity index (χ2n) is 5.28. The highest BCUT2D eigenvalue weighted by atomic mass is 79.9. The molecule has 0 aliphatic heterocycles. The monoisotopic (exact) mass is 376 g/mol. The third kappa shape index (κ3) is 6.42. The molecule has 0 saturated heterocycles. The molecule has 0 bridgehead atoms. The van der Waals surface area contributed by atoms with Crippen molar-refractivity contribution in [2.75, 3.05) is 26.7 Å². The van der Waals surface area contributed by atoms with Crippen LogP contribution in [0.5, 0.6) is 5.75 Å².